The highest BCUT2D eigenvalue weighted by atomic mass is 35.7. The summed E-state index contributed by atoms with van der Waals surface area (Å²) in [6, 6.07) is 0. The summed E-state index contributed by atoms with van der Waals surface area (Å²) in [6.45, 7) is 0. The first-order valence-corrected chi connectivity index (χ1v) is 16.1. The van der Waals surface area contributed by atoms with Crippen molar-refractivity contribution in [1.82, 2.24) is 0 Å². The number of hydrogen-bond acceptors (Lipinski definition) is 16. The minimum atomic E-state index is -4.94. The highest BCUT2D eigenvalue weighted by molar-refractivity contribution is 8.01. The molecule has 0 amide bonds. The molecule has 0 aromatic carbocycles. The number of unbranched alkanes of at least 4 members (excludes halogenated alkanes) is 1. The lowest BCUT2D eigenvalue weighted by Crippen LogP contribution is -2.68. The van der Waals surface area contributed by atoms with Gasteiger partial charge in [-0.1, -0.05) is 23.5 Å². The average molecular weight is 640 g/mol. The second kappa shape index (κ2) is 17.5. The van der Waals surface area contributed by atoms with Crippen molar-refractivity contribution in [3.8, 4) is 0 Å². The number of halogens is 2. The summed E-state index contributed by atoms with van der Waals surface area (Å²) >= 11 is 9.46. The van der Waals surface area contributed by atoms with Gasteiger partial charge in [-0.15, -0.1) is 20.5 Å². The van der Waals surface area contributed by atoms with E-state index in [2.05, 4.69) is 0 Å². The number of hydrogen-bond donors (Lipinski definition) is 0. The fraction of sp³-hybridized carbons (Fsp3) is 0.429. The van der Waals surface area contributed by atoms with Crippen LogP contribution in [-0.4, -0.2) is 37.7 Å². The van der Waals surface area contributed by atoms with Crippen LogP contribution >= 0.6 is 68.9 Å². The highest BCUT2D eigenvalue weighted by Crippen LogP contribution is 2.35. The highest BCUT2D eigenvalue weighted by Gasteiger charge is 2.25. The van der Waals surface area contributed by atoms with Crippen molar-refractivity contribution >= 4 is 80.8 Å². The molecule has 0 bridgehead atoms. The van der Waals surface area contributed by atoms with Gasteiger partial charge in [0, 0.05) is 11.5 Å². The van der Waals surface area contributed by atoms with E-state index in [0.29, 0.717) is 9.75 Å². The van der Waals surface area contributed by atoms with E-state index in [0.717, 1.165) is 32.8 Å². The van der Waals surface area contributed by atoms with Crippen molar-refractivity contribution in [3.63, 3.8) is 0 Å². The lowest BCUT2D eigenvalue weighted by atomic mass is 10.4. The predicted molar refractivity (Wildman–Crippen MR) is 107 cm³/mol. The molecule has 20 heteroatoms. The van der Waals surface area contributed by atoms with Crippen LogP contribution in [0.4, 0.5) is 0 Å². The quantitative estimate of drug-likeness (QED) is 0.111. The van der Waals surface area contributed by atoms with Gasteiger partial charge in [-0.25, -0.2) is 46.9 Å². The second-order valence-corrected chi connectivity index (χ2v) is 13.4. The number of thioether (sulfide) groups is 2. The molecule has 0 spiro atoms. The summed E-state index contributed by atoms with van der Waals surface area (Å²) in [5.74, 6) is 1.42. The van der Waals surface area contributed by atoms with Gasteiger partial charge in [0.2, 0.25) is 17.8 Å². The molecule has 0 aliphatic heterocycles. The Bertz CT molecular complexity index is 784. The van der Waals surface area contributed by atoms with E-state index in [9.17, 15) is 9.59 Å². The number of carbonyl (C=O) groups excluding carboxylic acids is 2. The summed E-state index contributed by atoms with van der Waals surface area (Å²) in [5.41, 5.74) is 0. The van der Waals surface area contributed by atoms with Gasteiger partial charge in [-0.05, 0) is 12.8 Å². The van der Waals surface area contributed by atoms with Crippen molar-refractivity contribution < 1.29 is 76.8 Å². The van der Waals surface area contributed by atoms with Crippen LogP contribution in [0.1, 0.15) is 32.2 Å². The van der Waals surface area contributed by atoms with Gasteiger partial charge in [0.05, 0.1) is 59.6 Å². The molecule has 34 heavy (non-hydrogen) atoms. The van der Waals surface area contributed by atoms with Crippen LogP contribution in [0.5, 0.6) is 0 Å². The third-order valence-electron chi connectivity index (χ3n) is 2.76. The monoisotopic (exact) mass is 638 g/mol. The van der Waals surface area contributed by atoms with Crippen molar-refractivity contribution in [3.05, 3.63) is 19.1 Å². The summed E-state index contributed by atoms with van der Waals surface area (Å²) in [5, 5.41) is 0. The zero-order valence-corrected chi connectivity index (χ0v) is 23.5. The Morgan fingerprint density at radius 1 is 0.765 bits per heavy atom. The van der Waals surface area contributed by atoms with E-state index in [1.807, 2.05) is 9.39 Å². The molecule has 12 nitrogen and oxygen atoms in total. The molecule has 0 radical (unpaired) electrons. The maximum atomic E-state index is 11.6. The Morgan fingerprint density at radius 2 is 1.06 bits per heavy atom. The topological polar surface area (TPSA) is 237 Å². The normalized spacial score (nSPS) is 11.0. The van der Waals surface area contributed by atoms with Gasteiger partial charge in [-0.2, -0.15) is 0 Å². The van der Waals surface area contributed by atoms with Gasteiger partial charge >= 0.3 is 11.9 Å². The van der Waals surface area contributed by atoms with E-state index in [1.165, 1.54) is 36.9 Å². The van der Waals surface area contributed by atoms with Crippen LogP contribution in [0.25, 0.3) is 0 Å². The lowest BCUT2D eigenvalue weighted by Gasteiger charge is -2.17. The van der Waals surface area contributed by atoms with Crippen molar-refractivity contribution in [2.24, 2.45) is 0 Å². The molecular formula is C14H16Cl2O12S6. The maximum Gasteiger partial charge on any atom is 0.375 e. The summed E-state index contributed by atoms with van der Waals surface area (Å²) < 4.78 is 83.5. The molecule has 2 heterocycles. The van der Waals surface area contributed by atoms with Crippen LogP contribution in [0.3, 0.4) is 0 Å². The summed E-state index contributed by atoms with van der Waals surface area (Å²) in [4.78, 5) is 24.6. The Kier molecular flexibility index (Phi) is 17.5. The van der Waals surface area contributed by atoms with Crippen LogP contribution in [0, 0.1) is 20.5 Å². The molecule has 2 aromatic heterocycles. The minimum Gasteiger partial charge on any atom is -0.463 e. The largest absolute Gasteiger partial charge is 0.463 e. The molecule has 2 rings (SSSR count). The summed E-state index contributed by atoms with van der Waals surface area (Å²) in [6.07, 6.45) is 2.12. The maximum absolute atomic E-state index is 11.6. The molecule has 0 aliphatic carbocycles. The first kappa shape index (κ1) is 34.0. The Morgan fingerprint density at radius 3 is 1.32 bits per heavy atom. The van der Waals surface area contributed by atoms with Crippen LogP contribution in [0.15, 0.2) is 17.8 Å². The molecule has 0 aliphatic rings. The molecule has 0 saturated heterocycles. The molecule has 0 N–H and O–H groups in total. The van der Waals surface area contributed by atoms with Gasteiger partial charge in [0.1, 0.15) is 0 Å². The van der Waals surface area contributed by atoms with E-state index in [4.69, 9.17) is 46.7 Å². The van der Waals surface area contributed by atoms with E-state index >= 15 is 0 Å². The second-order valence-electron chi connectivity index (χ2n) is 5.04. The number of rotatable bonds is 9. The van der Waals surface area contributed by atoms with E-state index < -0.39 is 20.5 Å². The zero-order chi connectivity index (χ0) is 26.4. The first-order valence-electron chi connectivity index (χ1n) is 8.11. The molecule has 0 saturated carbocycles. The van der Waals surface area contributed by atoms with Crippen molar-refractivity contribution in [1.29, 1.82) is 0 Å². The standard InChI is InChI=1S/C14H16O4S6.2ClHO4/c1-17-11(15)9-13(23-7-21-9)19-5-3-4-6-20-14-10(12(16)18-2)22-8-24-14;2*2-1(3,4)5/h7-8H,3-6H2,1-2H3;2*(H,2,3,4,5)/q+2;;/p-2. The number of ether oxygens (including phenoxy) is 2. The molecule has 194 valence electrons. The van der Waals surface area contributed by atoms with Crippen LogP contribution < -0.4 is 37.3 Å². The molecular weight excluding hydrogens is 623 g/mol. The van der Waals surface area contributed by atoms with E-state index in [-0.39, 0.29) is 11.9 Å². The van der Waals surface area contributed by atoms with Gasteiger partial charge in [0.15, 0.2) is 0 Å². The lowest BCUT2D eigenvalue weighted by molar-refractivity contribution is -2.00. The molecule has 0 atom stereocenters. The summed E-state index contributed by atoms with van der Waals surface area (Å²) in [7, 11) is -7.07. The Labute approximate surface area is 222 Å². The Hall–Kier alpha value is -0.000000000000000264. The molecule has 0 unspecified atom stereocenters. The fourth-order valence-corrected chi connectivity index (χ4v) is 8.87. The minimum absolute atomic E-state index is 0.256. The smallest absolute Gasteiger partial charge is 0.375 e. The van der Waals surface area contributed by atoms with Gasteiger partial charge in [-0.3, -0.25) is 0 Å². The van der Waals surface area contributed by atoms with Crippen LogP contribution in [0.2, 0.25) is 0 Å². The SMILES string of the molecule is COC(=O)c1sc[s+]c1SCCCCSc1[s+]csc1C(=O)OC.[O-][Cl+3]([O-])([O-])[O-].[O-][Cl+3]([O-])([O-])[O-]. The Balaban J connectivity index is 0.000000916. The molecule has 2 aromatic rings. The van der Waals surface area contributed by atoms with Crippen LogP contribution in [-0.2, 0) is 9.47 Å². The number of methoxy groups -OCH3 is 2. The van der Waals surface area contributed by atoms with Gasteiger partial charge < -0.3 is 9.47 Å². The zero-order valence-electron chi connectivity index (χ0n) is 17.1. The van der Waals surface area contributed by atoms with Crippen molar-refractivity contribution in [2.75, 3.05) is 25.7 Å². The van der Waals surface area contributed by atoms with Gasteiger partial charge in [0.25, 0.3) is 9.75 Å². The average Bonchev–Trinajstić information content (AvgIpc) is 3.36. The number of carbonyl (C=O) groups is 2. The van der Waals surface area contributed by atoms with Crippen molar-refractivity contribution in [2.45, 2.75) is 21.3 Å². The fourth-order valence-electron chi connectivity index (χ4n) is 1.62. The third-order valence-corrected chi connectivity index (χ3v) is 10.1. The third kappa shape index (κ3) is 18.3. The first-order chi connectivity index (χ1) is 15.7. The number of esters is 2. The van der Waals surface area contributed by atoms with E-state index in [1.54, 1.807) is 46.2 Å². The predicted octanol–water partition coefficient (Wildman–Crippen LogP) is -3.78. The molecule has 0 fully saturated rings.